The number of hydrogen-bond donors (Lipinski definition) is 3. The highest BCUT2D eigenvalue weighted by Gasteiger charge is 2.30. The molecule has 4 N–H and O–H groups in total. The molecule has 0 aliphatic heterocycles. The Morgan fingerprint density at radius 1 is 1.53 bits per heavy atom. The zero-order valence-electron chi connectivity index (χ0n) is 8.07. The number of hydrazine groups is 1. The van der Waals surface area contributed by atoms with Crippen molar-refractivity contribution in [2.45, 2.75) is 12.8 Å². The summed E-state index contributed by atoms with van der Waals surface area (Å²) in [6.45, 7) is 0. The molecule has 0 heterocycles. The van der Waals surface area contributed by atoms with Gasteiger partial charge in [-0.15, -0.1) is 0 Å². The summed E-state index contributed by atoms with van der Waals surface area (Å²) < 4.78 is 12.7. The molecule has 1 aromatic carbocycles. The fourth-order valence-electron chi connectivity index (χ4n) is 1.38. The molecular weight excluding hydrogens is 197 g/mol. The van der Waals surface area contributed by atoms with Crippen molar-refractivity contribution < 1.29 is 9.50 Å². The first-order valence-electron chi connectivity index (χ1n) is 4.71. The first kappa shape index (κ1) is 9.92. The molecule has 0 unspecified atom stereocenters. The van der Waals surface area contributed by atoms with Crippen molar-refractivity contribution in [2.24, 2.45) is 11.8 Å². The van der Waals surface area contributed by atoms with E-state index in [0.717, 1.165) is 23.9 Å². The topological polar surface area (TPSA) is 73.3 Å². The van der Waals surface area contributed by atoms with Gasteiger partial charge in [-0.1, -0.05) is 0 Å². The summed E-state index contributed by atoms with van der Waals surface area (Å²) in [6, 6.07) is 3.55. The van der Waals surface area contributed by atoms with Gasteiger partial charge in [-0.05, 0) is 25.0 Å². The number of aromatic hydroxyl groups is 1. The Bertz CT molecular complexity index is 404. The first-order chi connectivity index (χ1) is 7.09. The van der Waals surface area contributed by atoms with E-state index in [2.05, 4.69) is 0 Å². The first-order valence-corrected chi connectivity index (χ1v) is 4.71. The molecule has 80 valence electrons. The molecule has 1 aromatic rings. The van der Waals surface area contributed by atoms with Crippen molar-refractivity contribution in [1.82, 2.24) is 0 Å². The number of nitrogens with zero attached hydrogens (tertiary/aromatic N) is 1. The lowest BCUT2D eigenvalue weighted by atomic mass is 10.2. The van der Waals surface area contributed by atoms with Crippen LogP contribution in [0.2, 0.25) is 0 Å². The van der Waals surface area contributed by atoms with Gasteiger partial charge in [0.25, 0.3) is 0 Å². The quantitative estimate of drug-likeness (QED) is 0.300. The number of phenols is 1. The summed E-state index contributed by atoms with van der Waals surface area (Å²) in [4.78, 5) is 0. The van der Waals surface area contributed by atoms with Crippen LogP contribution in [0.25, 0.3) is 0 Å². The van der Waals surface area contributed by atoms with Crippen LogP contribution < -0.4 is 10.9 Å². The van der Waals surface area contributed by atoms with Crippen LogP contribution in [0.15, 0.2) is 18.2 Å². The van der Waals surface area contributed by atoms with Crippen molar-refractivity contribution in [3.63, 3.8) is 0 Å². The molecule has 0 aromatic heterocycles. The Labute approximate surface area is 86.6 Å². The van der Waals surface area contributed by atoms with E-state index in [0.29, 0.717) is 0 Å². The lowest BCUT2D eigenvalue weighted by Crippen LogP contribution is -2.38. The van der Waals surface area contributed by atoms with Crippen LogP contribution in [-0.2, 0) is 0 Å². The average Bonchev–Trinajstić information content (AvgIpc) is 2.99. The molecular formula is C10H12FN3O. The highest BCUT2D eigenvalue weighted by atomic mass is 19.1. The fraction of sp³-hybridized carbons (Fsp3) is 0.300. The van der Waals surface area contributed by atoms with E-state index in [9.17, 15) is 9.50 Å². The predicted molar refractivity (Wildman–Crippen MR) is 55.2 cm³/mol. The Morgan fingerprint density at radius 2 is 2.20 bits per heavy atom. The highest BCUT2D eigenvalue weighted by molar-refractivity contribution is 5.98. The van der Waals surface area contributed by atoms with Crippen LogP contribution in [0.4, 0.5) is 10.1 Å². The van der Waals surface area contributed by atoms with Gasteiger partial charge in [0.05, 0.1) is 0 Å². The van der Waals surface area contributed by atoms with E-state index in [1.165, 1.54) is 12.1 Å². The molecule has 0 spiro atoms. The summed E-state index contributed by atoms with van der Waals surface area (Å²) in [5.74, 6) is 5.33. The maximum absolute atomic E-state index is 12.7. The monoisotopic (exact) mass is 209 g/mol. The summed E-state index contributed by atoms with van der Waals surface area (Å²) >= 11 is 0. The molecule has 2 rings (SSSR count). The number of nitrogens with one attached hydrogen (secondary N) is 1. The van der Waals surface area contributed by atoms with Crippen LogP contribution in [0.3, 0.4) is 0 Å². The summed E-state index contributed by atoms with van der Waals surface area (Å²) in [7, 11) is 0. The molecule has 1 aliphatic carbocycles. The minimum absolute atomic E-state index is 0.180. The van der Waals surface area contributed by atoms with Gasteiger partial charge >= 0.3 is 0 Å². The Balaban J connectivity index is 2.24. The standard InChI is InChI=1S/C10H12FN3O/c11-7-3-4-8(9(15)5-7)14(13)10(12)6-1-2-6/h3-6,12,15H,1-2,13H2. The molecule has 0 radical (unpaired) electrons. The second-order valence-corrected chi connectivity index (χ2v) is 3.66. The van der Waals surface area contributed by atoms with E-state index >= 15 is 0 Å². The molecule has 15 heavy (non-hydrogen) atoms. The van der Waals surface area contributed by atoms with Crippen molar-refractivity contribution in [3.8, 4) is 5.75 Å². The van der Waals surface area contributed by atoms with E-state index in [-0.39, 0.29) is 23.2 Å². The minimum Gasteiger partial charge on any atom is -0.506 e. The SMILES string of the molecule is N=C(C1CC1)N(N)c1ccc(F)cc1O. The molecule has 0 atom stereocenters. The summed E-state index contributed by atoms with van der Waals surface area (Å²) in [5.41, 5.74) is 0.258. The number of amidine groups is 1. The summed E-state index contributed by atoms with van der Waals surface area (Å²) in [6.07, 6.45) is 1.91. The lowest BCUT2D eigenvalue weighted by Gasteiger charge is -2.19. The molecule has 0 bridgehead atoms. The number of benzene rings is 1. The third kappa shape index (κ3) is 1.92. The maximum Gasteiger partial charge on any atom is 0.143 e. The van der Waals surface area contributed by atoms with Gasteiger partial charge < -0.3 is 5.11 Å². The van der Waals surface area contributed by atoms with Crippen LogP contribution in [0.5, 0.6) is 5.75 Å². The largest absolute Gasteiger partial charge is 0.506 e. The van der Waals surface area contributed by atoms with E-state index < -0.39 is 5.82 Å². The maximum atomic E-state index is 12.7. The lowest BCUT2D eigenvalue weighted by molar-refractivity contribution is 0.469. The zero-order valence-corrected chi connectivity index (χ0v) is 8.07. The molecule has 1 fully saturated rings. The smallest absolute Gasteiger partial charge is 0.143 e. The number of hydrogen-bond acceptors (Lipinski definition) is 3. The number of rotatable bonds is 2. The van der Waals surface area contributed by atoms with Crippen molar-refractivity contribution in [1.29, 1.82) is 5.41 Å². The van der Waals surface area contributed by atoms with E-state index in [4.69, 9.17) is 11.3 Å². The molecule has 5 heteroatoms. The van der Waals surface area contributed by atoms with Gasteiger partial charge in [0.15, 0.2) is 0 Å². The van der Waals surface area contributed by atoms with E-state index in [1.807, 2.05) is 0 Å². The third-order valence-electron chi connectivity index (χ3n) is 2.42. The van der Waals surface area contributed by atoms with Crippen LogP contribution in [0.1, 0.15) is 12.8 Å². The average molecular weight is 209 g/mol. The van der Waals surface area contributed by atoms with Gasteiger partial charge in [-0.2, -0.15) is 0 Å². The Hall–Kier alpha value is -1.62. The predicted octanol–water partition coefficient (Wildman–Crippen LogP) is 1.60. The highest BCUT2D eigenvalue weighted by Crippen LogP contribution is 2.34. The van der Waals surface area contributed by atoms with Crippen LogP contribution >= 0.6 is 0 Å². The number of anilines is 1. The van der Waals surface area contributed by atoms with Gasteiger partial charge in [0, 0.05) is 12.0 Å². The van der Waals surface area contributed by atoms with Gasteiger partial charge in [-0.3, -0.25) is 10.4 Å². The molecule has 0 saturated heterocycles. The second-order valence-electron chi connectivity index (χ2n) is 3.66. The number of halogens is 1. The Morgan fingerprint density at radius 3 is 2.73 bits per heavy atom. The normalized spacial score (nSPS) is 15.1. The van der Waals surface area contributed by atoms with Crippen LogP contribution in [0, 0.1) is 17.1 Å². The van der Waals surface area contributed by atoms with E-state index in [1.54, 1.807) is 0 Å². The molecule has 1 saturated carbocycles. The van der Waals surface area contributed by atoms with Gasteiger partial charge in [-0.25, -0.2) is 10.2 Å². The zero-order chi connectivity index (χ0) is 11.0. The number of nitrogens with two attached hydrogens (primary N) is 1. The fourth-order valence-corrected chi connectivity index (χ4v) is 1.38. The molecule has 4 nitrogen and oxygen atoms in total. The Kier molecular flexibility index (Phi) is 2.32. The minimum atomic E-state index is -0.525. The summed E-state index contributed by atoms with van der Waals surface area (Å²) in [5, 5.41) is 18.3. The van der Waals surface area contributed by atoms with Crippen molar-refractivity contribution >= 4 is 11.5 Å². The van der Waals surface area contributed by atoms with Crippen LogP contribution in [-0.4, -0.2) is 10.9 Å². The van der Waals surface area contributed by atoms with Crippen molar-refractivity contribution in [2.75, 3.05) is 5.01 Å². The van der Waals surface area contributed by atoms with Gasteiger partial charge in [0.2, 0.25) is 0 Å². The number of phenolic OH excluding ortho intramolecular Hbond substituents is 1. The second kappa shape index (κ2) is 3.51. The molecule has 0 amide bonds. The van der Waals surface area contributed by atoms with Gasteiger partial charge in [0.1, 0.15) is 23.1 Å². The molecule has 1 aliphatic rings. The van der Waals surface area contributed by atoms with Crippen molar-refractivity contribution in [3.05, 3.63) is 24.0 Å². The third-order valence-corrected chi connectivity index (χ3v) is 2.42.